The molecule has 1 aromatic heterocycles. The van der Waals surface area contributed by atoms with E-state index in [1.54, 1.807) is 12.1 Å². The maximum absolute atomic E-state index is 12.5. The first-order valence-electron chi connectivity index (χ1n) is 6.38. The zero-order valence-corrected chi connectivity index (χ0v) is 9.87. The van der Waals surface area contributed by atoms with Crippen LogP contribution in [0.5, 0.6) is 0 Å². The molecule has 0 saturated carbocycles. The number of rotatable bonds is 1. The molecule has 5 heteroatoms. The highest BCUT2D eigenvalue weighted by Crippen LogP contribution is 2.38. The molecule has 0 atom stereocenters. The number of fused-ring (bicyclic) bond motifs is 3. The van der Waals surface area contributed by atoms with E-state index in [1.165, 1.54) is 0 Å². The lowest BCUT2D eigenvalue weighted by atomic mass is 10.0. The van der Waals surface area contributed by atoms with Crippen molar-refractivity contribution in [1.29, 1.82) is 0 Å². The molecule has 2 bridgehead atoms. The van der Waals surface area contributed by atoms with Crippen LogP contribution in [0.2, 0.25) is 0 Å². The lowest BCUT2D eigenvalue weighted by molar-refractivity contribution is 0.0730. The van der Waals surface area contributed by atoms with Gasteiger partial charge in [-0.2, -0.15) is 0 Å². The number of nitrogens with zero attached hydrogens (tertiary/aromatic N) is 3. The number of carbonyl (C=O) groups excluding carboxylic acids is 1. The molecule has 0 aliphatic carbocycles. The molecule has 1 amide bonds. The van der Waals surface area contributed by atoms with Crippen LogP contribution in [0.4, 0.5) is 0 Å². The van der Waals surface area contributed by atoms with Crippen molar-refractivity contribution in [3.8, 4) is 0 Å². The van der Waals surface area contributed by atoms with Gasteiger partial charge in [-0.1, -0.05) is 0 Å². The van der Waals surface area contributed by atoms with Crippen molar-refractivity contribution >= 4 is 16.9 Å². The highest BCUT2D eigenvalue weighted by molar-refractivity contribution is 5.97. The van der Waals surface area contributed by atoms with Gasteiger partial charge in [-0.3, -0.25) is 4.79 Å². The second-order valence-electron chi connectivity index (χ2n) is 5.14. The minimum Gasteiger partial charge on any atom is -0.333 e. The van der Waals surface area contributed by atoms with Gasteiger partial charge in [0.2, 0.25) is 0 Å². The van der Waals surface area contributed by atoms with Gasteiger partial charge in [0, 0.05) is 17.6 Å². The molecule has 2 aromatic rings. The molecule has 92 valence electrons. The van der Waals surface area contributed by atoms with E-state index < -0.39 is 0 Å². The van der Waals surface area contributed by atoms with Crippen molar-refractivity contribution in [2.24, 2.45) is 0 Å². The molecule has 0 unspecified atom stereocenters. The lowest BCUT2D eigenvalue weighted by Crippen LogP contribution is -2.35. The van der Waals surface area contributed by atoms with Crippen molar-refractivity contribution in [3.05, 3.63) is 23.8 Å². The first kappa shape index (κ1) is 10.1. The van der Waals surface area contributed by atoms with E-state index in [9.17, 15) is 4.79 Å². The van der Waals surface area contributed by atoms with Gasteiger partial charge >= 0.3 is 0 Å². The van der Waals surface area contributed by atoms with E-state index >= 15 is 0 Å². The summed E-state index contributed by atoms with van der Waals surface area (Å²) in [6.45, 7) is 0. The van der Waals surface area contributed by atoms with Crippen molar-refractivity contribution < 1.29 is 9.42 Å². The first-order valence-corrected chi connectivity index (χ1v) is 6.38. The van der Waals surface area contributed by atoms with Gasteiger partial charge in [0.1, 0.15) is 11.0 Å². The fourth-order valence-electron chi connectivity index (χ4n) is 3.31. The van der Waals surface area contributed by atoms with Gasteiger partial charge in [-0.05, 0) is 54.2 Å². The zero-order chi connectivity index (χ0) is 12.1. The summed E-state index contributed by atoms with van der Waals surface area (Å²) in [6.07, 6.45) is 4.63. The molecular weight excluding hydrogens is 230 g/mol. The molecule has 18 heavy (non-hydrogen) atoms. The molecule has 2 aliphatic heterocycles. The summed E-state index contributed by atoms with van der Waals surface area (Å²) in [7, 11) is 0. The van der Waals surface area contributed by atoms with Crippen LogP contribution in [0.3, 0.4) is 0 Å². The smallest absolute Gasteiger partial charge is 0.254 e. The normalized spacial score (nSPS) is 26.1. The molecule has 0 spiro atoms. The highest BCUT2D eigenvalue weighted by Gasteiger charge is 2.42. The van der Waals surface area contributed by atoms with Crippen LogP contribution in [0.15, 0.2) is 22.8 Å². The van der Waals surface area contributed by atoms with Crippen LogP contribution in [-0.2, 0) is 0 Å². The molecule has 5 nitrogen and oxygen atoms in total. The maximum atomic E-state index is 12.5. The Kier molecular flexibility index (Phi) is 1.98. The van der Waals surface area contributed by atoms with Crippen LogP contribution >= 0.6 is 0 Å². The Morgan fingerprint density at radius 2 is 1.78 bits per heavy atom. The van der Waals surface area contributed by atoms with E-state index in [0.717, 1.165) is 25.7 Å². The third-order valence-electron chi connectivity index (χ3n) is 4.19. The SMILES string of the molecule is O=C(c1ccc2nonc2c1)N1C2CCC1CC2. The second-order valence-corrected chi connectivity index (χ2v) is 5.14. The number of hydrogen-bond donors (Lipinski definition) is 0. The Balaban J connectivity index is 1.71. The van der Waals surface area contributed by atoms with Crippen molar-refractivity contribution in [3.63, 3.8) is 0 Å². The highest BCUT2D eigenvalue weighted by atomic mass is 16.6. The molecule has 2 aliphatic rings. The molecule has 2 fully saturated rings. The van der Waals surface area contributed by atoms with Crippen molar-refractivity contribution in [2.45, 2.75) is 37.8 Å². The van der Waals surface area contributed by atoms with Crippen molar-refractivity contribution in [1.82, 2.24) is 15.2 Å². The van der Waals surface area contributed by atoms with Crippen LogP contribution < -0.4 is 0 Å². The van der Waals surface area contributed by atoms with Gasteiger partial charge < -0.3 is 4.90 Å². The lowest BCUT2D eigenvalue weighted by Gasteiger charge is -2.21. The zero-order valence-electron chi connectivity index (χ0n) is 9.87. The van der Waals surface area contributed by atoms with Gasteiger partial charge in [0.15, 0.2) is 0 Å². The van der Waals surface area contributed by atoms with Crippen molar-refractivity contribution in [2.75, 3.05) is 0 Å². The summed E-state index contributed by atoms with van der Waals surface area (Å²) in [5.74, 6) is 0.130. The van der Waals surface area contributed by atoms with Gasteiger partial charge in [0.05, 0.1) is 0 Å². The second kappa shape index (κ2) is 3.54. The average Bonchev–Trinajstić information content (AvgIpc) is 3.12. The van der Waals surface area contributed by atoms with E-state index in [2.05, 4.69) is 19.8 Å². The maximum Gasteiger partial charge on any atom is 0.254 e. The Labute approximate surface area is 104 Å². The standard InChI is InChI=1S/C13H13N3O2/c17-13(16-9-2-3-10(16)5-4-9)8-1-6-11-12(7-8)15-18-14-11/h1,6-7,9-10H,2-5H2. The van der Waals surface area contributed by atoms with Crippen LogP contribution in [-0.4, -0.2) is 33.2 Å². The van der Waals surface area contributed by atoms with Crippen LogP contribution in [0.25, 0.3) is 11.0 Å². The van der Waals surface area contributed by atoms with E-state index in [0.29, 0.717) is 28.7 Å². The van der Waals surface area contributed by atoms with Gasteiger partial charge in [-0.25, -0.2) is 4.63 Å². The summed E-state index contributed by atoms with van der Waals surface area (Å²) in [5.41, 5.74) is 2.03. The Morgan fingerprint density at radius 1 is 1.11 bits per heavy atom. The van der Waals surface area contributed by atoms with E-state index in [4.69, 9.17) is 0 Å². The minimum absolute atomic E-state index is 0.130. The molecule has 0 radical (unpaired) electrons. The molecule has 0 N–H and O–H groups in total. The third-order valence-corrected chi connectivity index (χ3v) is 4.19. The quantitative estimate of drug-likeness (QED) is 0.768. The Hall–Kier alpha value is -1.91. The largest absolute Gasteiger partial charge is 0.333 e. The monoisotopic (exact) mass is 243 g/mol. The molecule has 3 heterocycles. The summed E-state index contributed by atoms with van der Waals surface area (Å²) in [6, 6.07) is 6.28. The van der Waals surface area contributed by atoms with Gasteiger partial charge in [0.25, 0.3) is 5.91 Å². The Morgan fingerprint density at radius 3 is 2.50 bits per heavy atom. The number of benzene rings is 1. The van der Waals surface area contributed by atoms with Crippen LogP contribution in [0, 0.1) is 0 Å². The predicted octanol–water partition coefficient (Wildman–Crippen LogP) is 1.99. The molecular formula is C13H13N3O2. The number of carbonyl (C=O) groups is 1. The molecule has 2 saturated heterocycles. The fraction of sp³-hybridized carbons (Fsp3) is 0.462. The summed E-state index contributed by atoms with van der Waals surface area (Å²) in [5, 5.41) is 7.53. The Bertz CT molecular complexity index is 601. The summed E-state index contributed by atoms with van der Waals surface area (Å²) in [4.78, 5) is 14.6. The molecule has 4 rings (SSSR count). The van der Waals surface area contributed by atoms with E-state index in [-0.39, 0.29) is 5.91 Å². The number of aromatic nitrogens is 2. The predicted molar refractivity (Wildman–Crippen MR) is 64.0 cm³/mol. The van der Waals surface area contributed by atoms with Crippen LogP contribution in [0.1, 0.15) is 36.0 Å². The first-order chi connectivity index (χ1) is 8.83. The van der Waals surface area contributed by atoms with Gasteiger partial charge in [-0.15, -0.1) is 0 Å². The summed E-state index contributed by atoms with van der Waals surface area (Å²) < 4.78 is 4.65. The van der Waals surface area contributed by atoms with E-state index in [1.807, 2.05) is 6.07 Å². The average molecular weight is 243 g/mol. The minimum atomic E-state index is 0.130. The fourth-order valence-corrected chi connectivity index (χ4v) is 3.31. The molecule has 1 aromatic carbocycles. The summed E-state index contributed by atoms with van der Waals surface area (Å²) >= 11 is 0. The number of amides is 1. The topological polar surface area (TPSA) is 59.2 Å². The number of hydrogen-bond acceptors (Lipinski definition) is 4. The third kappa shape index (κ3) is 1.30.